The van der Waals surface area contributed by atoms with Gasteiger partial charge in [-0.25, -0.2) is 0 Å². The van der Waals surface area contributed by atoms with Gasteiger partial charge in [0.25, 0.3) is 0 Å². The molecule has 0 spiro atoms. The highest BCUT2D eigenvalue weighted by Crippen LogP contribution is 2.43. The highest BCUT2D eigenvalue weighted by molar-refractivity contribution is 5.29. The normalized spacial score (nSPS) is 19.1. The Kier molecular flexibility index (Phi) is 3.62. The predicted molar refractivity (Wildman–Crippen MR) is 81.5 cm³/mol. The quantitative estimate of drug-likeness (QED) is 0.927. The summed E-state index contributed by atoms with van der Waals surface area (Å²) in [6.07, 6.45) is 7.81. The molecule has 0 saturated heterocycles. The molecule has 0 bridgehead atoms. The second-order valence-corrected chi connectivity index (χ2v) is 6.02. The average Bonchev–Trinajstić information content (AvgIpc) is 3.10. The van der Waals surface area contributed by atoms with Crippen LogP contribution in [0.2, 0.25) is 0 Å². The summed E-state index contributed by atoms with van der Waals surface area (Å²) in [6, 6.07) is 13.0. The molecule has 2 aromatic rings. The summed E-state index contributed by atoms with van der Waals surface area (Å²) in [5, 5.41) is 4.48. The third-order valence-corrected chi connectivity index (χ3v) is 4.75. The van der Waals surface area contributed by atoms with Crippen molar-refractivity contribution >= 4 is 0 Å². The van der Waals surface area contributed by atoms with Gasteiger partial charge in [-0.05, 0) is 24.5 Å². The summed E-state index contributed by atoms with van der Waals surface area (Å²) in [7, 11) is 1.96. The molecule has 1 aromatic heterocycles. The minimum atomic E-state index is 0.138. The molecule has 106 valence electrons. The second-order valence-electron chi connectivity index (χ2n) is 6.02. The van der Waals surface area contributed by atoms with Crippen molar-refractivity contribution < 1.29 is 0 Å². The highest BCUT2D eigenvalue weighted by Gasteiger charge is 2.40. The molecule has 3 heteroatoms. The third-order valence-electron chi connectivity index (χ3n) is 4.75. The maximum absolute atomic E-state index is 6.64. The number of rotatable bonds is 4. The summed E-state index contributed by atoms with van der Waals surface area (Å²) < 4.78 is 1.85. The lowest BCUT2D eigenvalue weighted by atomic mass is 9.71. The lowest BCUT2D eigenvalue weighted by molar-refractivity contribution is 0.345. The molecule has 1 heterocycles. The Balaban J connectivity index is 1.87. The Morgan fingerprint density at radius 3 is 2.50 bits per heavy atom. The molecule has 1 saturated carbocycles. The van der Waals surface area contributed by atoms with E-state index in [1.165, 1.54) is 31.2 Å². The third kappa shape index (κ3) is 2.38. The number of nitrogens with zero attached hydrogens (tertiary/aromatic N) is 2. The molecule has 1 atom stereocenters. The van der Waals surface area contributed by atoms with Crippen LogP contribution in [0.25, 0.3) is 0 Å². The standard InChI is InChI=1S/C17H23N3/c1-20-12-9-15(19-20)13-16(18)17(10-5-6-11-17)14-7-3-2-4-8-14/h2-4,7-9,12,16H,5-6,10-11,13,18H2,1H3. The summed E-state index contributed by atoms with van der Waals surface area (Å²) >= 11 is 0. The van der Waals surface area contributed by atoms with Crippen LogP contribution in [0.5, 0.6) is 0 Å². The first kappa shape index (κ1) is 13.4. The number of nitrogens with two attached hydrogens (primary N) is 1. The molecule has 1 fully saturated rings. The van der Waals surface area contributed by atoms with E-state index in [1.807, 2.05) is 17.9 Å². The van der Waals surface area contributed by atoms with Gasteiger partial charge in [-0.15, -0.1) is 0 Å². The molecule has 0 aliphatic heterocycles. The molecule has 3 nitrogen and oxygen atoms in total. The van der Waals surface area contributed by atoms with E-state index in [9.17, 15) is 0 Å². The number of aromatic nitrogens is 2. The van der Waals surface area contributed by atoms with Gasteiger partial charge in [0.05, 0.1) is 5.69 Å². The van der Waals surface area contributed by atoms with Crippen LogP contribution in [0.15, 0.2) is 42.6 Å². The fourth-order valence-corrected chi connectivity index (χ4v) is 3.64. The first-order valence-electron chi connectivity index (χ1n) is 7.50. The van der Waals surface area contributed by atoms with Gasteiger partial charge in [0.1, 0.15) is 0 Å². The van der Waals surface area contributed by atoms with Gasteiger partial charge in [0.15, 0.2) is 0 Å². The zero-order chi connectivity index (χ0) is 14.0. The largest absolute Gasteiger partial charge is 0.327 e. The van der Waals surface area contributed by atoms with Gasteiger partial charge in [-0.1, -0.05) is 43.2 Å². The van der Waals surface area contributed by atoms with Crippen molar-refractivity contribution in [2.45, 2.75) is 43.6 Å². The van der Waals surface area contributed by atoms with Crippen LogP contribution in [0.1, 0.15) is 36.9 Å². The first-order chi connectivity index (χ1) is 9.71. The Hall–Kier alpha value is -1.61. The van der Waals surface area contributed by atoms with Crippen LogP contribution >= 0.6 is 0 Å². The van der Waals surface area contributed by atoms with E-state index in [1.54, 1.807) is 0 Å². The van der Waals surface area contributed by atoms with Crippen LogP contribution in [-0.4, -0.2) is 15.8 Å². The minimum absolute atomic E-state index is 0.138. The highest BCUT2D eigenvalue weighted by atomic mass is 15.2. The van der Waals surface area contributed by atoms with Crippen LogP contribution < -0.4 is 5.73 Å². The molecule has 0 radical (unpaired) electrons. The van der Waals surface area contributed by atoms with Crippen molar-refractivity contribution in [3.05, 3.63) is 53.9 Å². The Morgan fingerprint density at radius 2 is 1.90 bits per heavy atom. The molecule has 1 aliphatic rings. The molecular formula is C17H23N3. The van der Waals surface area contributed by atoms with E-state index in [-0.39, 0.29) is 11.5 Å². The van der Waals surface area contributed by atoms with Gasteiger partial charge < -0.3 is 5.73 Å². The average molecular weight is 269 g/mol. The maximum atomic E-state index is 6.64. The fraction of sp³-hybridized carbons (Fsp3) is 0.471. The molecule has 20 heavy (non-hydrogen) atoms. The van der Waals surface area contributed by atoms with Crippen molar-refractivity contribution in [1.29, 1.82) is 0 Å². The second kappa shape index (κ2) is 5.41. The summed E-state index contributed by atoms with van der Waals surface area (Å²) in [6.45, 7) is 0. The summed E-state index contributed by atoms with van der Waals surface area (Å²) in [5.74, 6) is 0. The number of hydrogen-bond donors (Lipinski definition) is 1. The van der Waals surface area contributed by atoms with Gasteiger partial charge in [0.2, 0.25) is 0 Å². The van der Waals surface area contributed by atoms with Crippen molar-refractivity contribution in [2.24, 2.45) is 12.8 Å². The minimum Gasteiger partial charge on any atom is -0.327 e. The molecule has 3 rings (SSSR count). The maximum Gasteiger partial charge on any atom is 0.0640 e. The van der Waals surface area contributed by atoms with Crippen LogP contribution in [0.3, 0.4) is 0 Å². The first-order valence-corrected chi connectivity index (χ1v) is 7.50. The predicted octanol–water partition coefficient (Wildman–Crippen LogP) is 2.80. The lowest BCUT2D eigenvalue weighted by Gasteiger charge is -2.35. The van der Waals surface area contributed by atoms with Crippen LogP contribution in [-0.2, 0) is 18.9 Å². The fourth-order valence-electron chi connectivity index (χ4n) is 3.64. The molecule has 1 unspecified atom stereocenters. The molecule has 1 aliphatic carbocycles. The molecule has 1 aromatic carbocycles. The van der Waals surface area contributed by atoms with Crippen molar-refractivity contribution in [2.75, 3.05) is 0 Å². The zero-order valence-corrected chi connectivity index (χ0v) is 12.1. The Morgan fingerprint density at radius 1 is 1.20 bits per heavy atom. The molecule has 0 amide bonds. The van der Waals surface area contributed by atoms with Crippen molar-refractivity contribution in [3.8, 4) is 0 Å². The van der Waals surface area contributed by atoms with E-state index in [2.05, 4.69) is 41.5 Å². The number of benzene rings is 1. The Bertz CT molecular complexity index is 553. The van der Waals surface area contributed by atoms with E-state index >= 15 is 0 Å². The van der Waals surface area contributed by atoms with Gasteiger partial charge in [-0.2, -0.15) is 5.10 Å². The van der Waals surface area contributed by atoms with E-state index in [0.29, 0.717) is 0 Å². The van der Waals surface area contributed by atoms with Crippen molar-refractivity contribution in [1.82, 2.24) is 9.78 Å². The zero-order valence-electron chi connectivity index (χ0n) is 12.1. The van der Waals surface area contributed by atoms with Gasteiger partial charge in [0, 0.05) is 31.1 Å². The number of hydrogen-bond acceptors (Lipinski definition) is 2. The summed E-state index contributed by atoms with van der Waals surface area (Å²) in [5.41, 5.74) is 9.28. The van der Waals surface area contributed by atoms with Crippen LogP contribution in [0.4, 0.5) is 0 Å². The smallest absolute Gasteiger partial charge is 0.0640 e. The lowest BCUT2D eigenvalue weighted by Crippen LogP contribution is -2.45. The summed E-state index contributed by atoms with van der Waals surface area (Å²) in [4.78, 5) is 0. The topological polar surface area (TPSA) is 43.8 Å². The SMILES string of the molecule is Cn1ccc(CC(N)C2(c3ccccc3)CCCC2)n1. The molecule has 2 N–H and O–H groups in total. The van der Waals surface area contributed by atoms with Crippen LogP contribution in [0, 0.1) is 0 Å². The number of aryl methyl sites for hydroxylation is 1. The van der Waals surface area contributed by atoms with E-state index < -0.39 is 0 Å². The van der Waals surface area contributed by atoms with E-state index in [4.69, 9.17) is 5.73 Å². The molecular weight excluding hydrogens is 246 g/mol. The Labute approximate surface area is 120 Å². The monoisotopic (exact) mass is 269 g/mol. The van der Waals surface area contributed by atoms with E-state index in [0.717, 1.165) is 12.1 Å². The van der Waals surface area contributed by atoms with Gasteiger partial charge >= 0.3 is 0 Å². The van der Waals surface area contributed by atoms with Gasteiger partial charge in [-0.3, -0.25) is 4.68 Å². The van der Waals surface area contributed by atoms with Crippen molar-refractivity contribution in [3.63, 3.8) is 0 Å².